The summed E-state index contributed by atoms with van der Waals surface area (Å²) in [5.41, 5.74) is -0.529. The zero-order valence-electron chi connectivity index (χ0n) is 14.7. The molecule has 8 heteroatoms. The van der Waals surface area contributed by atoms with E-state index in [0.29, 0.717) is 11.1 Å². The van der Waals surface area contributed by atoms with Crippen LogP contribution in [0, 0.1) is 5.82 Å². The number of alkyl halides is 4. The zero-order valence-corrected chi connectivity index (χ0v) is 14.7. The van der Waals surface area contributed by atoms with Crippen LogP contribution in [0.3, 0.4) is 0 Å². The van der Waals surface area contributed by atoms with Crippen LogP contribution in [-0.2, 0) is 10.2 Å². The van der Waals surface area contributed by atoms with Crippen LogP contribution in [0.4, 0.5) is 22.0 Å². The van der Waals surface area contributed by atoms with E-state index in [1.165, 1.54) is 37.4 Å². The van der Waals surface area contributed by atoms with Crippen LogP contribution in [0.25, 0.3) is 11.3 Å². The van der Waals surface area contributed by atoms with Crippen molar-refractivity contribution in [3.05, 3.63) is 47.4 Å². The molecule has 2 heterocycles. The number of benzene rings is 1. The lowest BCUT2D eigenvalue weighted by Crippen LogP contribution is -2.28. The van der Waals surface area contributed by atoms with E-state index in [2.05, 4.69) is 4.98 Å². The molecule has 0 saturated heterocycles. The maximum atomic E-state index is 13.7. The number of fused-ring (bicyclic) bond motifs is 1. The lowest BCUT2D eigenvalue weighted by molar-refractivity contribution is -0.161. The SMILES string of the molecule is COCC(c1cc2c(c(-c3ccc(F)cc3)n1)OCC2(C)CF)C(F)(F)F. The molecule has 0 saturated carbocycles. The normalized spacial score (nSPS) is 20.3. The topological polar surface area (TPSA) is 31.4 Å². The first-order valence-corrected chi connectivity index (χ1v) is 8.25. The zero-order chi connectivity index (χ0) is 19.8. The summed E-state index contributed by atoms with van der Waals surface area (Å²) in [6, 6.07) is 6.39. The minimum Gasteiger partial charge on any atom is -0.490 e. The third-order valence-electron chi connectivity index (χ3n) is 4.68. The third-order valence-corrected chi connectivity index (χ3v) is 4.68. The molecular weight excluding hydrogens is 369 g/mol. The van der Waals surface area contributed by atoms with Crippen molar-refractivity contribution >= 4 is 0 Å². The Morgan fingerprint density at radius 2 is 1.93 bits per heavy atom. The van der Waals surface area contributed by atoms with E-state index in [4.69, 9.17) is 9.47 Å². The Morgan fingerprint density at radius 1 is 1.26 bits per heavy atom. The molecule has 3 nitrogen and oxygen atoms in total. The number of aromatic nitrogens is 1. The summed E-state index contributed by atoms with van der Waals surface area (Å²) in [5.74, 6) is -2.24. The summed E-state index contributed by atoms with van der Waals surface area (Å²) in [4.78, 5) is 4.16. The number of methoxy groups -OCH3 is 1. The molecule has 0 fully saturated rings. The Labute approximate surface area is 153 Å². The van der Waals surface area contributed by atoms with E-state index in [1.807, 2.05) is 0 Å². The van der Waals surface area contributed by atoms with Gasteiger partial charge in [0.05, 0.1) is 17.7 Å². The maximum Gasteiger partial charge on any atom is 0.399 e. The van der Waals surface area contributed by atoms with Crippen LogP contribution in [0.5, 0.6) is 5.75 Å². The van der Waals surface area contributed by atoms with Gasteiger partial charge >= 0.3 is 6.18 Å². The first-order valence-electron chi connectivity index (χ1n) is 8.25. The Kier molecular flexibility index (Phi) is 5.12. The molecule has 2 atom stereocenters. The van der Waals surface area contributed by atoms with Gasteiger partial charge in [-0.25, -0.2) is 13.8 Å². The highest BCUT2D eigenvalue weighted by Crippen LogP contribution is 2.46. The van der Waals surface area contributed by atoms with Crippen molar-refractivity contribution < 1.29 is 31.4 Å². The summed E-state index contributed by atoms with van der Waals surface area (Å²) in [6.07, 6.45) is -4.59. The first-order chi connectivity index (χ1) is 12.7. The fourth-order valence-electron chi connectivity index (χ4n) is 3.06. The number of halogens is 5. The van der Waals surface area contributed by atoms with E-state index in [0.717, 1.165) is 0 Å². The molecule has 0 N–H and O–H groups in total. The van der Waals surface area contributed by atoms with Gasteiger partial charge in [0.15, 0.2) is 0 Å². The fraction of sp³-hybridized carbons (Fsp3) is 0.421. The van der Waals surface area contributed by atoms with Crippen LogP contribution in [0.1, 0.15) is 24.1 Å². The van der Waals surface area contributed by atoms with Crippen LogP contribution in [0.2, 0.25) is 0 Å². The van der Waals surface area contributed by atoms with Crippen LogP contribution >= 0.6 is 0 Å². The summed E-state index contributed by atoms with van der Waals surface area (Å²) >= 11 is 0. The summed E-state index contributed by atoms with van der Waals surface area (Å²) in [7, 11) is 1.17. The van der Waals surface area contributed by atoms with E-state index >= 15 is 0 Å². The molecule has 0 spiro atoms. The highest BCUT2D eigenvalue weighted by atomic mass is 19.4. The second kappa shape index (κ2) is 7.07. The van der Waals surface area contributed by atoms with Crippen molar-refractivity contribution in [1.82, 2.24) is 4.98 Å². The van der Waals surface area contributed by atoms with Crippen molar-refractivity contribution in [3.8, 4) is 17.0 Å². The average molecular weight is 387 g/mol. The van der Waals surface area contributed by atoms with Gasteiger partial charge in [-0.1, -0.05) is 0 Å². The Morgan fingerprint density at radius 3 is 2.48 bits per heavy atom. The van der Waals surface area contributed by atoms with Gasteiger partial charge in [0.25, 0.3) is 0 Å². The Bertz CT molecular complexity index is 822. The molecule has 0 radical (unpaired) electrons. The predicted molar refractivity (Wildman–Crippen MR) is 89.1 cm³/mol. The summed E-state index contributed by atoms with van der Waals surface area (Å²) in [5, 5.41) is 0. The largest absolute Gasteiger partial charge is 0.490 e. The number of rotatable bonds is 5. The first kappa shape index (κ1) is 19.5. The monoisotopic (exact) mass is 387 g/mol. The molecule has 0 bridgehead atoms. The predicted octanol–water partition coefficient (Wildman–Crippen LogP) is 4.80. The Balaban J connectivity index is 2.23. The summed E-state index contributed by atoms with van der Waals surface area (Å²) < 4.78 is 77.8. The minimum atomic E-state index is -4.59. The highest BCUT2D eigenvalue weighted by molar-refractivity contribution is 5.70. The quantitative estimate of drug-likeness (QED) is 0.691. The number of pyridine rings is 1. The lowest BCUT2D eigenvalue weighted by atomic mass is 9.84. The Hall–Kier alpha value is -2.22. The molecule has 146 valence electrons. The van der Waals surface area contributed by atoms with Gasteiger partial charge < -0.3 is 9.47 Å². The van der Waals surface area contributed by atoms with Crippen LogP contribution in [-0.4, -0.2) is 38.2 Å². The number of nitrogens with zero attached hydrogens (tertiary/aromatic N) is 1. The second-order valence-corrected chi connectivity index (χ2v) is 6.81. The molecule has 1 aromatic carbocycles. The fourth-order valence-corrected chi connectivity index (χ4v) is 3.06. The van der Waals surface area contributed by atoms with E-state index in [9.17, 15) is 22.0 Å². The van der Waals surface area contributed by atoms with Gasteiger partial charge in [0.2, 0.25) is 0 Å². The summed E-state index contributed by atoms with van der Waals surface area (Å²) in [6.45, 7) is 0.147. The standard InChI is InChI=1S/C19H18F5NO2/c1-18(9-20)10-27-17-13(18)7-15(14(8-26-2)19(22,23)24)25-16(17)11-3-5-12(21)6-4-11/h3-7,14H,8-10H2,1-2H3. The van der Waals surface area contributed by atoms with Crippen molar-refractivity contribution in [2.75, 3.05) is 27.0 Å². The highest BCUT2D eigenvalue weighted by Gasteiger charge is 2.45. The third kappa shape index (κ3) is 3.63. The molecular formula is C19H18F5NO2. The molecule has 2 aromatic rings. The van der Waals surface area contributed by atoms with Gasteiger partial charge in [-0.05, 0) is 37.3 Å². The molecule has 0 amide bonds. The van der Waals surface area contributed by atoms with Crippen LogP contribution in [0.15, 0.2) is 30.3 Å². The van der Waals surface area contributed by atoms with E-state index in [1.54, 1.807) is 6.92 Å². The van der Waals surface area contributed by atoms with E-state index in [-0.39, 0.29) is 23.7 Å². The van der Waals surface area contributed by atoms with Crippen LogP contribution < -0.4 is 4.74 Å². The van der Waals surface area contributed by atoms with Crippen molar-refractivity contribution in [2.45, 2.75) is 24.4 Å². The number of hydrogen-bond acceptors (Lipinski definition) is 3. The van der Waals surface area contributed by atoms with E-state index < -0.39 is 36.6 Å². The van der Waals surface area contributed by atoms with Crippen molar-refractivity contribution in [3.63, 3.8) is 0 Å². The molecule has 1 aromatic heterocycles. The molecule has 1 aliphatic heterocycles. The average Bonchev–Trinajstić information content (AvgIpc) is 2.96. The number of hydrogen-bond donors (Lipinski definition) is 0. The van der Waals surface area contributed by atoms with Crippen molar-refractivity contribution in [2.24, 2.45) is 0 Å². The second-order valence-electron chi connectivity index (χ2n) is 6.81. The smallest absolute Gasteiger partial charge is 0.399 e. The molecule has 27 heavy (non-hydrogen) atoms. The van der Waals surface area contributed by atoms with Gasteiger partial charge in [-0.2, -0.15) is 13.2 Å². The van der Waals surface area contributed by atoms with Gasteiger partial charge in [0.1, 0.15) is 36.5 Å². The van der Waals surface area contributed by atoms with Gasteiger partial charge in [-0.3, -0.25) is 0 Å². The number of ether oxygens (including phenoxy) is 2. The van der Waals surface area contributed by atoms with Gasteiger partial charge in [-0.15, -0.1) is 0 Å². The minimum absolute atomic E-state index is 0.0148. The molecule has 3 rings (SSSR count). The van der Waals surface area contributed by atoms with Gasteiger partial charge in [0, 0.05) is 18.2 Å². The maximum absolute atomic E-state index is 13.7. The lowest BCUT2D eigenvalue weighted by Gasteiger charge is -2.23. The molecule has 0 aliphatic carbocycles. The molecule has 2 unspecified atom stereocenters. The molecule has 1 aliphatic rings. The van der Waals surface area contributed by atoms with Crippen molar-refractivity contribution in [1.29, 1.82) is 0 Å².